The molecule has 124 valence electrons. The summed E-state index contributed by atoms with van der Waals surface area (Å²) in [5.74, 6) is 0.669. The third kappa shape index (κ3) is 3.09. The number of ether oxygens (including phenoxy) is 1. The van der Waals surface area contributed by atoms with Gasteiger partial charge in [-0.05, 0) is 52.9 Å². The first-order chi connectivity index (χ1) is 11.4. The highest BCUT2D eigenvalue weighted by Gasteiger charge is 2.34. The van der Waals surface area contributed by atoms with Gasteiger partial charge in [-0.25, -0.2) is 0 Å². The van der Waals surface area contributed by atoms with E-state index < -0.39 is 10.1 Å². The summed E-state index contributed by atoms with van der Waals surface area (Å²) in [6, 6.07) is 8.01. The van der Waals surface area contributed by atoms with Crippen LogP contribution in [0.5, 0.6) is 0 Å². The van der Waals surface area contributed by atoms with E-state index in [0.717, 1.165) is 17.6 Å². The Hall–Kier alpha value is -1.77. The topological polar surface area (TPSA) is 26.3 Å². The minimum atomic E-state index is -0.863. The number of alkyl halides is 1. The maximum absolute atomic E-state index is 12.1. The standard InChI is InChI=1S/C20H18Cl2O2/c1-13-7-9-15(24-2)11-20(13,22)12-18(19(21)23)17-10-8-14-5-3-4-6-16(14)17/h3-7,9-13H,8H2,1-2H3/b18-12-. The third-order valence-electron chi connectivity index (χ3n) is 4.55. The number of benzene rings is 1. The van der Waals surface area contributed by atoms with Gasteiger partial charge in [0.2, 0.25) is 0 Å². The first kappa shape index (κ1) is 17.1. The largest absolute Gasteiger partial charge is 0.497 e. The molecule has 2 aliphatic carbocycles. The molecule has 2 atom stereocenters. The number of carbonyl (C=O) groups excluding carboxylic acids is 1. The van der Waals surface area contributed by atoms with Crippen LogP contribution >= 0.6 is 23.2 Å². The van der Waals surface area contributed by atoms with Gasteiger partial charge in [0.25, 0.3) is 5.24 Å². The van der Waals surface area contributed by atoms with Crippen molar-refractivity contribution in [2.24, 2.45) is 5.92 Å². The molecule has 0 aromatic heterocycles. The summed E-state index contributed by atoms with van der Waals surface area (Å²) in [5.41, 5.74) is 3.50. The number of rotatable bonds is 4. The van der Waals surface area contributed by atoms with Crippen LogP contribution < -0.4 is 0 Å². The van der Waals surface area contributed by atoms with Crippen molar-refractivity contribution in [2.75, 3.05) is 7.11 Å². The molecule has 24 heavy (non-hydrogen) atoms. The lowest BCUT2D eigenvalue weighted by atomic mass is 9.85. The molecule has 0 aliphatic heterocycles. The smallest absolute Gasteiger partial charge is 0.252 e. The molecule has 0 saturated heterocycles. The predicted octanol–water partition coefficient (Wildman–Crippen LogP) is 5.03. The predicted molar refractivity (Wildman–Crippen MR) is 99.0 cm³/mol. The molecule has 0 saturated carbocycles. The van der Waals surface area contributed by atoms with E-state index in [9.17, 15) is 4.79 Å². The minimum Gasteiger partial charge on any atom is -0.497 e. The second-order valence-electron chi connectivity index (χ2n) is 6.04. The van der Waals surface area contributed by atoms with Crippen LogP contribution in [0.4, 0.5) is 0 Å². The molecule has 1 aromatic carbocycles. The summed E-state index contributed by atoms with van der Waals surface area (Å²) >= 11 is 12.7. The van der Waals surface area contributed by atoms with Gasteiger partial charge < -0.3 is 4.74 Å². The number of hydrogen-bond donors (Lipinski definition) is 0. The van der Waals surface area contributed by atoms with Crippen molar-refractivity contribution in [3.63, 3.8) is 0 Å². The van der Waals surface area contributed by atoms with Gasteiger partial charge in [-0.1, -0.05) is 43.3 Å². The van der Waals surface area contributed by atoms with Gasteiger partial charge >= 0.3 is 0 Å². The van der Waals surface area contributed by atoms with Gasteiger partial charge in [-0.15, -0.1) is 11.6 Å². The summed E-state index contributed by atoms with van der Waals surface area (Å²) in [6.07, 6.45) is 10.2. The van der Waals surface area contributed by atoms with Crippen molar-refractivity contribution in [1.82, 2.24) is 0 Å². The van der Waals surface area contributed by atoms with Gasteiger partial charge in [0.15, 0.2) is 0 Å². The van der Waals surface area contributed by atoms with E-state index in [2.05, 4.69) is 6.07 Å². The highest BCUT2D eigenvalue weighted by atomic mass is 35.5. The highest BCUT2D eigenvalue weighted by molar-refractivity contribution is 6.69. The quantitative estimate of drug-likeness (QED) is 0.427. The van der Waals surface area contributed by atoms with Crippen LogP contribution in [0.3, 0.4) is 0 Å². The number of halogens is 2. The fourth-order valence-electron chi connectivity index (χ4n) is 3.08. The highest BCUT2D eigenvalue weighted by Crippen LogP contribution is 2.40. The molecule has 1 aromatic rings. The van der Waals surface area contributed by atoms with E-state index in [1.165, 1.54) is 5.56 Å². The average Bonchev–Trinajstić information content (AvgIpc) is 2.99. The maximum atomic E-state index is 12.1. The van der Waals surface area contributed by atoms with Crippen LogP contribution in [0, 0.1) is 5.92 Å². The van der Waals surface area contributed by atoms with Crippen molar-refractivity contribution < 1.29 is 9.53 Å². The lowest BCUT2D eigenvalue weighted by molar-refractivity contribution is -0.108. The molecule has 0 heterocycles. The van der Waals surface area contributed by atoms with Crippen LogP contribution in [-0.4, -0.2) is 17.2 Å². The molecule has 3 rings (SSSR count). The summed E-state index contributed by atoms with van der Waals surface area (Å²) < 4.78 is 5.29. The van der Waals surface area contributed by atoms with Gasteiger partial charge in [0, 0.05) is 11.5 Å². The zero-order valence-electron chi connectivity index (χ0n) is 13.6. The number of fused-ring (bicyclic) bond motifs is 1. The maximum Gasteiger partial charge on any atom is 0.252 e. The lowest BCUT2D eigenvalue weighted by Crippen LogP contribution is -2.28. The Morgan fingerprint density at radius 3 is 2.83 bits per heavy atom. The molecule has 0 spiro atoms. The fourth-order valence-corrected chi connectivity index (χ4v) is 3.53. The zero-order chi connectivity index (χ0) is 17.3. The van der Waals surface area contributed by atoms with Crippen LogP contribution in [0.2, 0.25) is 0 Å². The van der Waals surface area contributed by atoms with Crippen LogP contribution in [0.15, 0.2) is 66.0 Å². The second-order valence-corrected chi connectivity index (χ2v) is 7.03. The van der Waals surface area contributed by atoms with Crippen molar-refractivity contribution in [3.8, 4) is 0 Å². The van der Waals surface area contributed by atoms with Crippen molar-refractivity contribution in [3.05, 3.63) is 77.1 Å². The Labute approximate surface area is 152 Å². The van der Waals surface area contributed by atoms with Crippen molar-refractivity contribution in [1.29, 1.82) is 0 Å². The summed E-state index contributed by atoms with van der Waals surface area (Å²) in [4.78, 5) is 11.3. The van der Waals surface area contributed by atoms with Gasteiger partial charge in [0.1, 0.15) is 5.76 Å². The van der Waals surface area contributed by atoms with Crippen molar-refractivity contribution in [2.45, 2.75) is 18.2 Å². The molecule has 0 radical (unpaired) electrons. The number of hydrogen-bond acceptors (Lipinski definition) is 2. The first-order valence-corrected chi connectivity index (χ1v) is 8.55. The normalized spacial score (nSPS) is 25.8. The van der Waals surface area contributed by atoms with Gasteiger partial charge in [0.05, 0.1) is 12.0 Å². The number of allylic oxidation sites excluding steroid dienone is 7. The SMILES string of the molecule is COC1=CC(Cl)(/C=C(\C(=O)Cl)C2=CCc3ccccc32)C(C)C=C1. The lowest BCUT2D eigenvalue weighted by Gasteiger charge is -2.29. The Morgan fingerprint density at radius 1 is 1.38 bits per heavy atom. The second kappa shape index (κ2) is 6.62. The molecule has 0 fully saturated rings. The average molecular weight is 361 g/mol. The van der Waals surface area contributed by atoms with Crippen LogP contribution in [0.1, 0.15) is 18.1 Å². The van der Waals surface area contributed by atoms with E-state index in [0.29, 0.717) is 11.3 Å². The molecule has 0 bridgehead atoms. The monoisotopic (exact) mass is 360 g/mol. The van der Waals surface area contributed by atoms with E-state index >= 15 is 0 Å². The Morgan fingerprint density at radius 2 is 2.12 bits per heavy atom. The minimum absolute atomic E-state index is 0.00123. The molecule has 0 N–H and O–H groups in total. The Bertz CT molecular complexity index is 802. The van der Waals surface area contributed by atoms with Crippen molar-refractivity contribution >= 4 is 34.0 Å². The molecule has 0 amide bonds. The first-order valence-electron chi connectivity index (χ1n) is 7.80. The number of methoxy groups -OCH3 is 1. The van der Waals surface area contributed by atoms with Crippen LogP contribution in [0.25, 0.3) is 5.57 Å². The molecular formula is C20H18Cl2O2. The number of carbonyl (C=O) groups is 1. The molecule has 2 aliphatic rings. The summed E-state index contributed by atoms with van der Waals surface area (Å²) in [7, 11) is 1.59. The molecule has 4 heteroatoms. The summed E-state index contributed by atoms with van der Waals surface area (Å²) in [6.45, 7) is 2.00. The summed E-state index contributed by atoms with van der Waals surface area (Å²) in [5, 5.41) is -0.507. The van der Waals surface area contributed by atoms with Gasteiger partial charge in [-0.2, -0.15) is 0 Å². The van der Waals surface area contributed by atoms with E-state index in [1.54, 1.807) is 13.2 Å². The zero-order valence-corrected chi connectivity index (χ0v) is 15.1. The fraction of sp³-hybridized carbons (Fsp3) is 0.250. The molecule has 2 nitrogen and oxygen atoms in total. The molecule has 2 unspecified atom stereocenters. The Balaban J connectivity index is 2.07. The molecular weight excluding hydrogens is 343 g/mol. The van der Waals surface area contributed by atoms with E-state index in [4.69, 9.17) is 27.9 Å². The van der Waals surface area contributed by atoms with Gasteiger partial charge in [-0.3, -0.25) is 4.79 Å². The van der Waals surface area contributed by atoms with E-state index in [1.807, 2.05) is 49.4 Å². The Kier molecular flexibility index (Phi) is 4.71. The third-order valence-corrected chi connectivity index (χ3v) is 5.31. The van der Waals surface area contributed by atoms with Crippen LogP contribution in [-0.2, 0) is 16.0 Å². The van der Waals surface area contributed by atoms with E-state index in [-0.39, 0.29) is 5.92 Å².